The summed E-state index contributed by atoms with van der Waals surface area (Å²) in [5, 5.41) is 21.5. The quantitative estimate of drug-likeness (QED) is 0.0841. The molecule has 238 valence electrons. The van der Waals surface area contributed by atoms with Crippen LogP contribution in [0.2, 0.25) is 0 Å². The van der Waals surface area contributed by atoms with Crippen LogP contribution in [0, 0.1) is 19.8 Å². The Balaban J connectivity index is 1.30. The van der Waals surface area contributed by atoms with Crippen molar-refractivity contribution in [3.63, 3.8) is 0 Å². The number of nitrogens with one attached hydrogen (secondary N) is 1. The van der Waals surface area contributed by atoms with Crippen LogP contribution in [0.25, 0.3) is 0 Å². The zero-order valence-corrected chi connectivity index (χ0v) is 27.8. The summed E-state index contributed by atoms with van der Waals surface area (Å²) in [7, 11) is 0. The number of Topliss-reactive ketones (excluding diaryl/α,β-unsaturated/α-hetero) is 1. The lowest BCUT2D eigenvalue weighted by Crippen LogP contribution is -2.34. The molecule has 0 radical (unpaired) electrons. The molecule has 0 saturated carbocycles. The van der Waals surface area contributed by atoms with Crippen molar-refractivity contribution in [2.45, 2.75) is 47.2 Å². The van der Waals surface area contributed by atoms with E-state index in [4.69, 9.17) is 5.11 Å². The molecule has 1 fully saturated rings. The lowest BCUT2D eigenvalue weighted by Gasteiger charge is -2.16. The Morgan fingerprint density at radius 1 is 0.867 bits per heavy atom. The number of ketones is 1. The SMILES string of the molecule is Cc1ccc(SCC(CSc2ccc(C)cc2)C(=O)c2ccc(C(=O)NCCC(O)SC3CC(=O)N(CCO)C3=O)cc2)cc1. The molecule has 1 heterocycles. The van der Waals surface area contributed by atoms with E-state index >= 15 is 0 Å². The highest BCUT2D eigenvalue weighted by atomic mass is 32.2. The molecule has 1 aliphatic rings. The van der Waals surface area contributed by atoms with Crippen molar-refractivity contribution in [1.29, 1.82) is 0 Å². The van der Waals surface area contributed by atoms with Crippen LogP contribution in [-0.2, 0) is 9.59 Å². The third kappa shape index (κ3) is 10.2. The summed E-state index contributed by atoms with van der Waals surface area (Å²) in [5.41, 5.74) is 2.36. The fraction of sp³-hybridized carbons (Fsp3) is 0.353. The molecule has 2 atom stereocenters. The van der Waals surface area contributed by atoms with Gasteiger partial charge in [-0.3, -0.25) is 24.1 Å². The number of rotatable bonds is 16. The van der Waals surface area contributed by atoms with Gasteiger partial charge in [0.1, 0.15) is 5.44 Å². The largest absolute Gasteiger partial charge is 0.395 e. The van der Waals surface area contributed by atoms with Crippen molar-refractivity contribution in [2.75, 3.05) is 31.2 Å². The van der Waals surface area contributed by atoms with Crippen LogP contribution < -0.4 is 5.32 Å². The number of thioether (sulfide) groups is 3. The van der Waals surface area contributed by atoms with Crippen molar-refractivity contribution < 1.29 is 29.4 Å². The highest BCUT2D eigenvalue weighted by Gasteiger charge is 2.39. The van der Waals surface area contributed by atoms with Crippen molar-refractivity contribution in [3.8, 4) is 0 Å². The molecule has 45 heavy (non-hydrogen) atoms. The number of nitrogens with zero attached hydrogens (tertiary/aromatic N) is 1. The average molecular weight is 667 g/mol. The summed E-state index contributed by atoms with van der Waals surface area (Å²) in [5.74, 6) is -0.0733. The van der Waals surface area contributed by atoms with Gasteiger partial charge < -0.3 is 15.5 Å². The maximum atomic E-state index is 13.6. The molecule has 3 amide bonds. The number of benzene rings is 3. The normalized spacial score (nSPS) is 15.5. The van der Waals surface area contributed by atoms with Crippen molar-refractivity contribution in [3.05, 3.63) is 95.1 Å². The molecule has 1 aliphatic heterocycles. The summed E-state index contributed by atoms with van der Waals surface area (Å²) in [6.45, 7) is 3.90. The first-order chi connectivity index (χ1) is 21.6. The van der Waals surface area contributed by atoms with Gasteiger partial charge in [-0.15, -0.1) is 35.3 Å². The molecule has 3 N–H and O–H groups in total. The molecule has 0 aromatic heterocycles. The standard InChI is InChI=1S/C34H38N2O6S3/c1-22-3-11-27(12-4-22)43-20-26(21-44-28-13-5-23(2)6-14-28)32(40)24-7-9-25(10-8-24)33(41)35-16-15-31(39)45-29-19-30(38)36(17-18-37)34(29)42/h3-14,26,29,31,37,39H,15-21H2,1-2H3,(H,35,41). The molecule has 4 rings (SSSR count). The number of aryl methyl sites for hydroxylation is 2. The smallest absolute Gasteiger partial charge is 0.251 e. The molecule has 3 aromatic rings. The molecule has 0 bridgehead atoms. The predicted octanol–water partition coefficient (Wildman–Crippen LogP) is 4.98. The van der Waals surface area contributed by atoms with E-state index in [9.17, 15) is 24.3 Å². The summed E-state index contributed by atoms with van der Waals surface area (Å²) >= 11 is 4.30. The summed E-state index contributed by atoms with van der Waals surface area (Å²) in [6, 6.07) is 23.2. The van der Waals surface area contributed by atoms with E-state index < -0.39 is 16.6 Å². The van der Waals surface area contributed by atoms with E-state index in [2.05, 4.69) is 53.8 Å². The van der Waals surface area contributed by atoms with Gasteiger partial charge in [0.25, 0.3) is 5.91 Å². The first kappa shape index (κ1) is 34.8. The molecule has 1 saturated heterocycles. The third-order valence-corrected chi connectivity index (χ3v) is 10.9. The Hall–Kier alpha value is -3.09. The van der Waals surface area contributed by atoms with Crippen molar-refractivity contribution in [1.82, 2.24) is 10.2 Å². The number of aliphatic hydroxyl groups is 2. The number of imide groups is 1. The van der Waals surface area contributed by atoms with Crippen LogP contribution in [0.1, 0.15) is 44.7 Å². The maximum absolute atomic E-state index is 13.6. The van der Waals surface area contributed by atoms with Gasteiger partial charge in [0.2, 0.25) is 11.8 Å². The molecular weight excluding hydrogens is 629 g/mol. The Morgan fingerprint density at radius 2 is 1.40 bits per heavy atom. The van der Waals surface area contributed by atoms with Crippen LogP contribution in [-0.4, -0.2) is 80.5 Å². The monoisotopic (exact) mass is 666 g/mol. The Labute approximate surface area is 276 Å². The number of hydrogen-bond acceptors (Lipinski definition) is 9. The Bertz CT molecular complexity index is 1420. The van der Waals surface area contributed by atoms with Gasteiger partial charge >= 0.3 is 0 Å². The first-order valence-electron chi connectivity index (χ1n) is 14.7. The van der Waals surface area contributed by atoms with Crippen LogP contribution >= 0.6 is 35.3 Å². The summed E-state index contributed by atoms with van der Waals surface area (Å²) in [4.78, 5) is 53.9. The molecule has 0 spiro atoms. The van der Waals surface area contributed by atoms with Gasteiger partial charge in [-0.05, 0) is 50.2 Å². The maximum Gasteiger partial charge on any atom is 0.251 e. The summed E-state index contributed by atoms with van der Waals surface area (Å²) in [6.07, 6.45) is 0.165. The number of β-amino-alcohol motifs (C(OH)–C–C–N with tert-alkyl or cyclic N) is 1. The summed E-state index contributed by atoms with van der Waals surface area (Å²) < 4.78 is 0. The second kappa shape index (κ2) is 17.0. The molecular formula is C34H38N2O6S3. The minimum Gasteiger partial charge on any atom is -0.395 e. The molecule has 3 aromatic carbocycles. The minimum atomic E-state index is -0.950. The predicted molar refractivity (Wildman–Crippen MR) is 181 cm³/mol. The average Bonchev–Trinajstić information content (AvgIpc) is 3.29. The topological polar surface area (TPSA) is 124 Å². The number of likely N-dealkylation sites (tertiary alicyclic amines) is 1. The minimum absolute atomic E-state index is 0.0197. The number of aliphatic hydroxyl groups excluding tert-OH is 2. The van der Waals surface area contributed by atoms with Crippen molar-refractivity contribution >= 4 is 58.8 Å². The van der Waals surface area contributed by atoms with Gasteiger partial charge in [0.15, 0.2) is 5.78 Å². The van der Waals surface area contributed by atoms with Gasteiger partial charge in [-0.2, -0.15) is 0 Å². The second-order valence-corrected chi connectivity index (χ2v) is 14.4. The van der Waals surface area contributed by atoms with Gasteiger partial charge in [-0.25, -0.2) is 0 Å². The highest BCUT2D eigenvalue weighted by molar-refractivity contribution is 8.01. The molecule has 11 heteroatoms. The Morgan fingerprint density at radius 3 is 1.93 bits per heavy atom. The fourth-order valence-corrected chi connectivity index (χ4v) is 7.89. The Kier molecular flexibility index (Phi) is 13.1. The van der Waals surface area contributed by atoms with E-state index in [1.165, 1.54) is 11.1 Å². The third-order valence-electron chi connectivity index (χ3n) is 7.27. The van der Waals surface area contributed by atoms with E-state index in [1.54, 1.807) is 47.8 Å². The highest BCUT2D eigenvalue weighted by Crippen LogP contribution is 2.30. The lowest BCUT2D eigenvalue weighted by atomic mass is 9.99. The number of carbonyl (C=O) groups excluding carboxylic acids is 4. The van der Waals surface area contributed by atoms with E-state index in [0.29, 0.717) is 22.6 Å². The van der Waals surface area contributed by atoms with E-state index in [-0.39, 0.29) is 56.1 Å². The molecule has 0 aliphatic carbocycles. The number of amides is 3. The van der Waals surface area contributed by atoms with Crippen molar-refractivity contribution in [2.24, 2.45) is 5.92 Å². The van der Waals surface area contributed by atoms with E-state index in [1.807, 2.05) is 13.8 Å². The fourth-order valence-electron chi connectivity index (χ4n) is 4.65. The number of carbonyl (C=O) groups is 4. The molecule has 2 unspecified atom stereocenters. The zero-order valence-electron chi connectivity index (χ0n) is 25.3. The van der Waals surface area contributed by atoms with Crippen LogP contribution in [0.3, 0.4) is 0 Å². The molecule has 8 nitrogen and oxygen atoms in total. The van der Waals surface area contributed by atoms with Gasteiger partial charge in [0.05, 0.1) is 18.4 Å². The lowest BCUT2D eigenvalue weighted by molar-refractivity contribution is -0.138. The number of hydrogen-bond donors (Lipinski definition) is 3. The van der Waals surface area contributed by atoms with Crippen LogP contribution in [0.4, 0.5) is 0 Å². The van der Waals surface area contributed by atoms with E-state index in [0.717, 1.165) is 26.5 Å². The van der Waals surface area contributed by atoms with Crippen LogP contribution in [0.15, 0.2) is 82.6 Å². The second-order valence-electron chi connectivity index (χ2n) is 10.8. The van der Waals surface area contributed by atoms with Gasteiger partial charge in [0, 0.05) is 57.7 Å². The first-order valence-corrected chi connectivity index (χ1v) is 17.7. The van der Waals surface area contributed by atoms with Gasteiger partial charge in [-0.1, -0.05) is 47.5 Å². The zero-order chi connectivity index (χ0) is 32.3. The van der Waals surface area contributed by atoms with Crippen LogP contribution in [0.5, 0.6) is 0 Å².